The van der Waals surface area contributed by atoms with Crippen LogP contribution in [0.25, 0.3) is 0 Å². The Bertz CT molecular complexity index is 765. The number of carbonyl (C=O) groups excluding carboxylic acids is 1. The minimum atomic E-state index is -4.57. The summed E-state index contributed by atoms with van der Waals surface area (Å²) in [6, 6.07) is 7.66. The van der Waals surface area contributed by atoms with Crippen LogP contribution in [0.4, 0.5) is 13.2 Å². The molecule has 0 aliphatic rings. The van der Waals surface area contributed by atoms with E-state index in [0.29, 0.717) is 5.56 Å². The van der Waals surface area contributed by atoms with Gasteiger partial charge in [-0.3, -0.25) is 4.79 Å². The van der Waals surface area contributed by atoms with Gasteiger partial charge >= 0.3 is 35.7 Å². The fraction of sp³-hybridized carbons (Fsp3) is 0.188. The van der Waals surface area contributed by atoms with Crippen molar-refractivity contribution in [2.24, 2.45) is 0 Å². The predicted octanol–water partition coefficient (Wildman–Crippen LogP) is 3.89. The molecule has 130 valence electrons. The van der Waals surface area contributed by atoms with Gasteiger partial charge in [-0.25, -0.2) is 0 Å². The van der Waals surface area contributed by atoms with Crippen molar-refractivity contribution >= 4 is 44.9 Å². The molecule has 2 rings (SSSR count). The number of ketones is 1. The van der Waals surface area contributed by atoms with Gasteiger partial charge < -0.3 is 6.16 Å². The van der Waals surface area contributed by atoms with E-state index in [2.05, 4.69) is 15.9 Å². The summed E-state index contributed by atoms with van der Waals surface area (Å²) in [4.78, 5) is 11.6. The molecule has 9 heteroatoms. The summed E-state index contributed by atoms with van der Waals surface area (Å²) >= 11 is 14.9. The maximum Gasteiger partial charge on any atom is 1.00 e. The van der Waals surface area contributed by atoms with Gasteiger partial charge in [-0.05, 0) is 31.2 Å². The zero-order chi connectivity index (χ0) is 18.1. The molecule has 0 amide bonds. The molecule has 0 radical (unpaired) electrons. The number of hydrogen-bond acceptors (Lipinski definition) is 2. The number of ether oxygens (including phenoxy) is 1. The normalized spacial score (nSPS) is 12.3. The number of halogens is 6. The third-order valence-corrected chi connectivity index (χ3v) is 4.00. The van der Waals surface area contributed by atoms with Crippen LogP contribution in [0.2, 0.25) is 10.0 Å². The second-order valence-electron chi connectivity index (χ2n) is 4.88. The molecule has 0 heterocycles. The molecule has 2 nitrogen and oxygen atoms in total. The number of carbonyl (C=O) groups is 1. The Balaban J connectivity index is 0.00000312. The summed E-state index contributed by atoms with van der Waals surface area (Å²) < 4.78 is 43.7. The number of Topliss-reactive ketones (excluding diaryl/α,β-unsaturated/α-hetero) is 1. The zero-order valence-electron chi connectivity index (χ0n) is 14.1. The van der Waals surface area contributed by atoms with E-state index in [1.807, 2.05) is 0 Å². The van der Waals surface area contributed by atoms with E-state index in [0.717, 1.165) is 12.1 Å². The standard InChI is InChI=1S/C16H10BrCl2F3O2.Na.H/c1-8(17)14(23)9-3-2-4-11(5-9)24-15-12(18)6-10(7-13(15)19)16(20,21)22;;/h2-8H,1H3;;/q;+1;-1. The first kappa shape index (κ1) is 22.8. The van der Waals surface area contributed by atoms with Crippen LogP contribution in [0.15, 0.2) is 36.4 Å². The molecular weight excluding hydrogens is 455 g/mol. The molecule has 0 spiro atoms. The fourth-order valence-corrected chi connectivity index (χ4v) is 2.71. The van der Waals surface area contributed by atoms with Gasteiger partial charge in [0.1, 0.15) is 5.75 Å². The van der Waals surface area contributed by atoms with E-state index in [9.17, 15) is 18.0 Å². The van der Waals surface area contributed by atoms with Crippen LogP contribution in [0, 0.1) is 0 Å². The molecule has 2 aromatic carbocycles. The summed E-state index contributed by atoms with van der Waals surface area (Å²) in [7, 11) is 0. The molecule has 0 saturated carbocycles. The van der Waals surface area contributed by atoms with Crippen molar-refractivity contribution < 1.29 is 53.7 Å². The van der Waals surface area contributed by atoms with Crippen LogP contribution in [-0.2, 0) is 6.18 Å². The van der Waals surface area contributed by atoms with Gasteiger partial charge in [0.15, 0.2) is 11.5 Å². The molecule has 0 aliphatic heterocycles. The van der Waals surface area contributed by atoms with Crippen LogP contribution < -0.4 is 34.3 Å². The van der Waals surface area contributed by atoms with Crippen molar-refractivity contribution in [1.82, 2.24) is 0 Å². The van der Waals surface area contributed by atoms with Gasteiger partial charge in [0.05, 0.1) is 20.4 Å². The average molecular weight is 466 g/mol. The molecule has 0 saturated heterocycles. The summed E-state index contributed by atoms with van der Waals surface area (Å²) in [6.45, 7) is 1.68. The van der Waals surface area contributed by atoms with Gasteiger partial charge in [-0.1, -0.05) is 51.3 Å². The first-order valence-corrected chi connectivity index (χ1v) is 8.29. The van der Waals surface area contributed by atoms with Gasteiger partial charge in [-0.2, -0.15) is 13.2 Å². The van der Waals surface area contributed by atoms with Gasteiger partial charge in [0, 0.05) is 5.56 Å². The van der Waals surface area contributed by atoms with Crippen molar-refractivity contribution in [3.05, 3.63) is 57.6 Å². The smallest absolute Gasteiger partial charge is 1.00 e. The summed E-state index contributed by atoms with van der Waals surface area (Å²) in [5, 5.41) is -0.555. The number of benzene rings is 2. The maximum absolute atomic E-state index is 12.7. The van der Waals surface area contributed by atoms with Crippen LogP contribution in [0.5, 0.6) is 11.5 Å². The molecule has 25 heavy (non-hydrogen) atoms. The predicted molar refractivity (Wildman–Crippen MR) is 91.8 cm³/mol. The topological polar surface area (TPSA) is 26.3 Å². The van der Waals surface area contributed by atoms with Crippen molar-refractivity contribution in [2.75, 3.05) is 0 Å². The maximum atomic E-state index is 12.7. The van der Waals surface area contributed by atoms with Crippen molar-refractivity contribution in [1.29, 1.82) is 0 Å². The Kier molecular flexibility index (Phi) is 8.31. The first-order valence-electron chi connectivity index (χ1n) is 6.62. The number of rotatable bonds is 4. The Morgan fingerprint density at radius 2 is 1.76 bits per heavy atom. The van der Waals surface area contributed by atoms with E-state index >= 15 is 0 Å². The molecule has 0 aliphatic carbocycles. The van der Waals surface area contributed by atoms with Gasteiger partial charge in [-0.15, -0.1) is 0 Å². The minimum absolute atomic E-state index is 0. The average Bonchev–Trinajstić information content (AvgIpc) is 2.49. The summed E-state index contributed by atoms with van der Waals surface area (Å²) in [6.07, 6.45) is -4.57. The van der Waals surface area contributed by atoms with Gasteiger partial charge in [0.25, 0.3) is 0 Å². The molecule has 1 unspecified atom stereocenters. The molecule has 0 fully saturated rings. The largest absolute Gasteiger partial charge is 1.00 e. The Morgan fingerprint density at radius 3 is 2.24 bits per heavy atom. The monoisotopic (exact) mass is 464 g/mol. The Labute approximate surface area is 184 Å². The van der Waals surface area contributed by atoms with E-state index in [1.165, 1.54) is 6.07 Å². The van der Waals surface area contributed by atoms with Crippen LogP contribution >= 0.6 is 39.1 Å². The van der Waals surface area contributed by atoms with Crippen LogP contribution in [-0.4, -0.2) is 10.6 Å². The fourth-order valence-electron chi connectivity index (χ4n) is 1.88. The molecule has 0 bridgehead atoms. The SMILES string of the molecule is CC(Br)C(=O)c1cccc(Oc2c(Cl)cc(C(F)(F)F)cc2Cl)c1.[H-].[Na+]. The van der Waals surface area contributed by atoms with Crippen molar-refractivity contribution in [2.45, 2.75) is 17.9 Å². The van der Waals surface area contributed by atoms with E-state index in [1.54, 1.807) is 25.1 Å². The molecule has 0 N–H and O–H groups in total. The van der Waals surface area contributed by atoms with Gasteiger partial charge in [0.2, 0.25) is 0 Å². The van der Waals surface area contributed by atoms with E-state index in [-0.39, 0.29) is 63.1 Å². The molecule has 2 aromatic rings. The van der Waals surface area contributed by atoms with E-state index < -0.39 is 11.7 Å². The van der Waals surface area contributed by atoms with Crippen molar-refractivity contribution in [3.8, 4) is 11.5 Å². The third kappa shape index (κ3) is 5.88. The van der Waals surface area contributed by atoms with E-state index in [4.69, 9.17) is 27.9 Å². The number of alkyl halides is 4. The quantitative estimate of drug-likeness (QED) is 0.389. The van der Waals surface area contributed by atoms with Crippen molar-refractivity contribution in [3.63, 3.8) is 0 Å². The Morgan fingerprint density at radius 1 is 1.20 bits per heavy atom. The Hall–Kier alpha value is -0.240. The third-order valence-electron chi connectivity index (χ3n) is 3.03. The molecular formula is C16H11BrCl2F3NaO2. The molecule has 0 aromatic heterocycles. The summed E-state index contributed by atoms with van der Waals surface area (Å²) in [5.41, 5.74) is -0.585. The van der Waals surface area contributed by atoms with Crippen LogP contribution in [0.1, 0.15) is 24.3 Å². The number of hydrogen-bond donors (Lipinski definition) is 0. The van der Waals surface area contributed by atoms with Crippen LogP contribution in [0.3, 0.4) is 0 Å². The second-order valence-corrected chi connectivity index (χ2v) is 7.06. The minimum Gasteiger partial charge on any atom is -1.00 e. The zero-order valence-corrected chi connectivity index (χ0v) is 18.2. The molecule has 1 atom stereocenters. The first-order chi connectivity index (χ1) is 11.1. The second kappa shape index (κ2) is 9.11. The summed E-state index contributed by atoms with van der Waals surface area (Å²) in [5.74, 6) is -0.0366.